The van der Waals surface area contributed by atoms with Crippen LogP contribution in [0.25, 0.3) is 0 Å². The minimum Gasteiger partial charge on any atom is -0.466 e. The monoisotopic (exact) mass is 308 g/mol. The van der Waals surface area contributed by atoms with Crippen LogP contribution in [0.4, 0.5) is 0 Å². The van der Waals surface area contributed by atoms with Crippen molar-refractivity contribution in [3.05, 3.63) is 70.8 Å². The van der Waals surface area contributed by atoms with Gasteiger partial charge in [-0.2, -0.15) is 0 Å². The second-order valence-corrected chi connectivity index (χ2v) is 5.07. The molecule has 0 aliphatic heterocycles. The number of hydrogen-bond acceptors (Lipinski definition) is 3. The molecule has 2 aromatic carbocycles. The molecule has 1 N–H and O–H groups in total. The van der Waals surface area contributed by atoms with Crippen molar-refractivity contribution in [2.75, 3.05) is 6.61 Å². The molecule has 0 aliphatic carbocycles. The Hall–Kier alpha value is -2.57. The van der Waals surface area contributed by atoms with Gasteiger partial charge in [0.05, 0.1) is 13.2 Å². The van der Waals surface area contributed by atoms with E-state index in [0.29, 0.717) is 19.4 Å². The van der Waals surface area contributed by atoms with E-state index in [1.54, 1.807) is 6.92 Å². The Labute approximate surface area is 136 Å². The molecule has 0 radical (unpaired) electrons. The number of esters is 1. The molecule has 0 bridgehead atoms. The maximum Gasteiger partial charge on any atom is 0.306 e. The van der Waals surface area contributed by atoms with Crippen LogP contribution >= 0.6 is 0 Å². The molecule has 0 spiro atoms. The molecule has 3 heteroatoms. The van der Waals surface area contributed by atoms with E-state index in [9.17, 15) is 9.90 Å². The van der Waals surface area contributed by atoms with Gasteiger partial charge in [-0.25, -0.2) is 0 Å². The molecule has 0 heterocycles. The number of benzene rings is 2. The van der Waals surface area contributed by atoms with Gasteiger partial charge in [0.2, 0.25) is 0 Å². The molecule has 0 saturated carbocycles. The van der Waals surface area contributed by atoms with Gasteiger partial charge in [-0.1, -0.05) is 42.2 Å². The van der Waals surface area contributed by atoms with E-state index in [0.717, 1.165) is 22.3 Å². The number of ether oxygens (including phenoxy) is 1. The largest absolute Gasteiger partial charge is 0.466 e. The number of aliphatic hydroxyl groups is 1. The summed E-state index contributed by atoms with van der Waals surface area (Å²) in [4.78, 5) is 11.3. The minimum absolute atomic E-state index is 0.0162. The predicted molar refractivity (Wildman–Crippen MR) is 89.7 cm³/mol. The highest BCUT2D eigenvalue weighted by atomic mass is 16.5. The summed E-state index contributed by atoms with van der Waals surface area (Å²) < 4.78 is 4.91. The molecule has 118 valence electrons. The Balaban J connectivity index is 2.01. The third kappa shape index (κ3) is 5.28. The number of aryl methyl sites for hydroxylation is 1. The summed E-state index contributed by atoms with van der Waals surface area (Å²) in [5.74, 6) is 6.01. The van der Waals surface area contributed by atoms with Crippen molar-refractivity contribution >= 4 is 5.97 Å². The van der Waals surface area contributed by atoms with Gasteiger partial charge in [-0.15, -0.1) is 0 Å². The third-order valence-corrected chi connectivity index (χ3v) is 3.41. The summed E-state index contributed by atoms with van der Waals surface area (Å²) in [5.41, 5.74) is 3.64. The zero-order chi connectivity index (χ0) is 16.5. The Bertz CT molecular complexity index is 706. The first-order chi connectivity index (χ1) is 11.2. The molecule has 0 unspecified atom stereocenters. The fraction of sp³-hybridized carbons (Fsp3) is 0.250. The molecule has 0 amide bonds. The molecule has 0 fully saturated rings. The highest BCUT2D eigenvalue weighted by molar-refractivity contribution is 5.69. The Morgan fingerprint density at radius 2 is 1.83 bits per heavy atom. The van der Waals surface area contributed by atoms with E-state index in [-0.39, 0.29) is 12.6 Å². The number of rotatable bonds is 5. The zero-order valence-corrected chi connectivity index (χ0v) is 13.2. The van der Waals surface area contributed by atoms with Crippen molar-refractivity contribution in [1.29, 1.82) is 0 Å². The zero-order valence-electron chi connectivity index (χ0n) is 13.2. The molecule has 2 aromatic rings. The summed E-state index contributed by atoms with van der Waals surface area (Å²) in [6.45, 7) is 2.21. The van der Waals surface area contributed by atoms with E-state index < -0.39 is 0 Å². The van der Waals surface area contributed by atoms with Gasteiger partial charge in [-0.05, 0) is 42.7 Å². The van der Waals surface area contributed by atoms with Crippen molar-refractivity contribution < 1.29 is 14.6 Å². The Morgan fingerprint density at radius 3 is 2.52 bits per heavy atom. The van der Waals surface area contributed by atoms with Gasteiger partial charge >= 0.3 is 5.97 Å². The van der Waals surface area contributed by atoms with Crippen LogP contribution in [0, 0.1) is 11.8 Å². The Kier molecular flexibility index (Phi) is 6.40. The SMILES string of the molecule is CCOC(=O)CCc1ccc(C#Cc2ccccc2CO)cc1. The van der Waals surface area contributed by atoms with E-state index in [1.807, 2.05) is 48.5 Å². The quantitative estimate of drug-likeness (QED) is 0.682. The maximum absolute atomic E-state index is 11.3. The van der Waals surface area contributed by atoms with E-state index in [4.69, 9.17) is 4.74 Å². The molecular weight excluding hydrogens is 288 g/mol. The second kappa shape index (κ2) is 8.77. The van der Waals surface area contributed by atoms with Crippen molar-refractivity contribution in [1.82, 2.24) is 0 Å². The van der Waals surface area contributed by atoms with Crippen LogP contribution in [0.15, 0.2) is 48.5 Å². The fourth-order valence-electron chi connectivity index (χ4n) is 2.15. The lowest BCUT2D eigenvalue weighted by Crippen LogP contribution is -2.05. The average Bonchev–Trinajstić information content (AvgIpc) is 2.59. The smallest absolute Gasteiger partial charge is 0.306 e. The summed E-state index contributed by atoms with van der Waals surface area (Å²) in [6, 6.07) is 15.4. The minimum atomic E-state index is -0.169. The van der Waals surface area contributed by atoms with Crippen LogP contribution in [0.1, 0.15) is 35.6 Å². The average molecular weight is 308 g/mol. The van der Waals surface area contributed by atoms with Crippen LogP contribution in [-0.4, -0.2) is 17.7 Å². The fourth-order valence-corrected chi connectivity index (χ4v) is 2.15. The molecular formula is C20H20O3. The molecule has 3 nitrogen and oxygen atoms in total. The molecule has 0 saturated heterocycles. The molecule has 0 aromatic heterocycles. The lowest BCUT2D eigenvalue weighted by Gasteiger charge is -2.02. The lowest BCUT2D eigenvalue weighted by atomic mass is 10.1. The molecule has 2 rings (SSSR count). The number of carbonyl (C=O) groups excluding carboxylic acids is 1. The van der Waals surface area contributed by atoms with Gasteiger partial charge in [0.25, 0.3) is 0 Å². The standard InChI is InChI=1S/C20H20O3/c1-2-23-20(22)14-12-17-9-7-16(8-10-17)11-13-18-5-3-4-6-19(18)15-21/h3-10,21H,2,12,14-15H2,1H3. The molecule has 0 atom stereocenters. The highest BCUT2D eigenvalue weighted by Crippen LogP contribution is 2.09. The first-order valence-corrected chi connectivity index (χ1v) is 7.68. The third-order valence-electron chi connectivity index (χ3n) is 3.41. The summed E-state index contributed by atoms with van der Waals surface area (Å²) in [7, 11) is 0. The number of aliphatic hydroxyl groups excluding tert-OH is 1. The van der Waals surface area contributed by atoms with Crippen LogP contribution in [0.3, 0.4) is 0 Å². The summed E-state index contributed by atoms with van der Waals surface area (Å²) in [6.07, 6.45) is 1.06. The summed E-state index contributed by atoms with van der Waals surface area (Å²) >= 11 is 0. The maximum atomic E-state index is 11.3. The summed E-state index contributed by atoms with van der Waals surface area (Å²) in [5, 5.41) is 9.29. The number of carbonyl (C=O) groups is 1. The van der Waals surface area contributed by atoms with Crippen molar-refractivity contribution in [2.24, 2.45) is 0 Å². The van der Waals surface area contributed by atoms with Crippen molar-refractivity contribution in [3.8, 4) is 11.8 Å². The van der Waals surface area contributed by atoms with Crippen LogP contribution < -0.4 is 0 Å². The van der Waals surface area contributed by atoms with Crippen molar-refractivity contribution in [3.63, 3.8) is 0 Å². The first-order valence-electron chi connectivity index (χ1n) is 7.68. The van der Waals surface area contributed by atoms with Crippen LogP contribution in [0.5, 0.6) is 0 Å². The van der Waals surface area contributed by atoms with Gasteiger partial charge in [0.1, 0.15) is 0 Å². The molecule has 23 heavy (non-hydrogen) atoms. The predicted octanol–water partition coefficient (Wildman–Crippen LogP) is 3.07. The normalized spacial score (nSPS) is 9.83. The van der Waals surface area contributed by atoms with Gasteiger partial charge in [0.15, 0.2) is 0 Å². The van der Waals surface area contributed by atoms with Crippen molar-refractivity contribution in [2.45, 2.75) is 26.4 Å². The topological polar surface area (TPSA) is 46.5 Å². The second-order valence-electron chi connectivity index (χ2n) is 5.07. The van der Waals surface area contributed by atoms with E-state index >= 15 is 0 Å². The Morgan fingerprint density at radius 1 is 1.09 bits per heavy atom. The van der Waals surface area contributed by atoms with Gasteiger partial charge in [0, 0.05) is 17.5 Å². The van der Waals surface area contributed by atoms with Crippen LogP contribution in [-0.2, 0) is 22.6 Å². The highest BCUT2D eigenvalue weighted by Gasteiger charge is 2.02. The van der Waals surface area contributed by atoms with Gasteiger partial charge < -0.3 is 9.84 Å². The van der Waals surface area contributed by atoms with Crippen LogP contribution in [0.2, 0.25) is 0 Å². The lowest BCUT2D eigenvalue weighted by molar-refractivity contribution is -0.143. The van der Waals surface area contributed by atoms with E-state index in [1.165, 1.54) is 0 Å². The van der Waals surface area contributed by atoms with Gasteiger partial charge in [-0.3, -0.25) is 4.79 Å². The molecule has 0 aliphatic rings. The van der Waals surface area contributed by atoms with E-state index in [2.05, 4.69) is 11.8 Å². The first kappa shape index (κ1) is 16.8. The number of hydrogen-bond donors (Lipinski definition) is 1.